The van der Waals surface area contributed by atoms with E-state index in [-0.39, 0.29) is 12.1 Å². The number of carbonyl (C=O) groups is 1. The van der Waals surface area contributed by atoms with Crippen LogP contribution in [0, 0.1) is 0 Å². The van der Waals surface area contributed by atoms with E-state index in [2.05, 4.69) is 16.9 Å². The van der Waals surface area contributed by atoms with Crippen molar-refractivity contribution in [3.05, 3.63) is 20.8 Å². The number of nitrogens with zero attached hydrogens (tertiary/aromatic N) is 3. The summed E-state index contributed by atoms with van der Waals surface area (Å²) >= 11 is 2.96. The SMILES string of the molecule is CCOC(=O)Cn1c(SC)nc2sc3c(c2c1=O)CCN(C)C3. The number of esters is 1. The number of likely N-dealkylation sites (N-methyl/N-ethyl adjacent to an activating group) is 1. The van der Waals surface area contributed by atoms with Gasteiger partial charge in [-0.25, -0.2) is 4.98 Å². The van der Waals surface area contributed by atoms with E-state index >= 15 is 0 Å². The number of hydrogen-bond donors (Lipinski definition) is 0. The van der Waals surface area contributed by atoms with Crippen molar-refractivity contribution in [2.24, 2.45) is 0 Å². The number of thiophene rings is 1. The highest BCUT2D eigenvalue weighted by Gasteiger charge is 2.24. The Balaban J connectivity index is 2.14. The van der Waals surface area contributed by atoms with Crippen molar-refractivity contribution in [1.82, 2.24) is 14.5 Å². The molecule has 0 unspecified atom stereocenters. The van der Waals surface area contributed by atoms with Crippen molar-refractivity contribution in [2.45, 2.75) is 31.6 Å². The average Bonchev–Trinajstić information content (AvgIpc) is 2.87. The number of rotatable bonds is 4. The molecule has 3 rings (SSSR count). The maximum absolute atomic E-state index is 13.0. The number of ether oxygens (including phenoxy) is 1. The highest BCUT2D eigenvalue weighted by molar-refractivity contribution is 7.98. The van der Waals surface area contributed by atoms with Gasteiger partial charge in [0.2, 0.25) is 0 Å². The third-order valence-electron chi connectivity index (χ3n) is 3.89. The van der Waals surface area contributed by atoms with Gasteiger partial charge in [-0.1, -0.05) is 11.8 Å². The predicted molar refractivity (Wildman–Crippen MR) is 92.3 cm³/mol. The first kappa shape index (κ1) is 16.5. The van der Waals surface area contributed by atoms with E-state index in [4.69, 9.17) is 4.74 Å². The van der Waals surface area contributed by atoms with Gasteiger partial charge in [0.1, 0.15) is 11.4 Å². The zero-order valence-electron chi connectivity index (χ0n) is 13.4. The van der Waals surface area contributed by atoms with Crippen LogP contribution in [-0.4, -0.2) is 46.9 Å². The Bertz CT molecular complexity index is 812. The van der Waals surface area contributed by atoms with E-state index in [1.54, 1.807) is 18.3 Å². The summed E-state index contributed by atoms with van der Waals surface area (Å²) in [6.07, 6.45) is 2.71. The van der Waals surface area contributed by atoms with E-state index in [9.17, 15) is 9.59 Å². The topological polar surface area (TPSA) is 64.4 Å². The summed E-state index contributed by atoms with van der Waals surface area (Å²) in [4.78, 5) is 33.6. The first-order valence-electron chi connectivity index (χ1n) is 7.48. The van der Waals surface area contributed by atoms with Gasteiger partial charge >= 0.3 is 5.97 Å². The minimum absolute atomic E-state index is 0.0870. The molecule has 124 valence electrons. The third kappa shape index (κ3) is 3.02. The largest absolute Gasteiger partial charge is 0.465 e. The lowest BCUT2D eigenvalue weighted by molar-refractivity contribution is -0.144. The molecule has 0 atom stereocenters. The zero-order chi connectivity index (χ0) is 16.6. The summed E-state index contributed by atoms with van der Waals surface area (Å²) in [6.45, 7) is 3.75. The molecular weight excluding hydrogens is 334 g/mol. The van der Waals surface area contributed by atoms with E-state index in [0.29, 0.717) is 17.1 Å². The fourth-order valence-corrected chi connectivity index (χ4v) is 4.71. The van der Waals surface area contributed by atoms with Gasteiger partial charge in [-0.3, -0.25) is 14.2 Å². The maximum atomic E-state index is 13.0. The summed E-state index contributed by atoms with van der Waals surface area (Å²) < 4.78 is 6.42. The van der Waals surface area contributed by atoms with Crippen LogP contribution in [0.1, 0.15) is 17.4 Å². The molecule has 0 spiro atoms. The van der Waals surface area contributed by atoms with E-state index in [0.717, 1.165) is 29.9 Å². The van der Waals surface area contributed by atoms with Crippen LogP contribution in [-0.2, 0) is 29.0 Å². The molecule has 1 aliphatic rings. The van der Waals surface area contributed by atoms with Crippen molar-refractivity contribution in [3.63, 3.8) is 0 Å². The molecule has 0 aromatic carbocycles. The fourth-order valence-electron chi connectivity index (χ4n) is 2.82. The molecule has 6 nitrogen and oxygen atoms in total. The predicted octanol–water partition coefficient (Wildman–Crippen LogP) is 1.73. The fraction of sp³-hybridized carbons (Fsp3) is 0.533. The molecule has 0 bridgehead atoms. The average molecular weight is 353 g/mol. The van der Waals surface area contributed by atoms with E-state index in [1.165, 1.54) is 21.2 Å². The molecular formula is C15H19N3O3S2. The Kier molecular flexibility index (Phi) is 4.74. The molecule has 0 radical (unpaired) electrons. The molecule has 0 amide bonds. The zero-order valence-corrected chi connectivity index (χ0v) is 15.1. The van der Waals surface area contributed by atoms with E-state index in [1.807, 2.05) is 6.26 Å². The molecule has 2 aromatic rings. The van der Waals surface area contributed by atoms with Gasteiger partial charge in [0.15, 0.2) is 5.16 Å². The second-order valence-corrected chi connectivity index (χ2v) is 7.32. The molecule has 1 aliphatic heterocycles. The van der Waals surface area contributed by atoms with Crippen molar-refractivity contribution in [2.75, 3.05) is 26.5 Å². The van der Waals surface area contributed by atoms with Gasteiger partial charge in [-0.05, 0) is 32.2 Å². The van der Waals surface area contributed by atoms with Crippen molar-refractivity contribution >= 4 is 39.3 Å². The first-order chi connectivity index (χ1) is 11.0. The molecule has 0 aliphatic carbocycles. The normalized spacial score (nSPS) is 14.9. The number of thioether (sulfide) groups is 1. The molecule has 23 heavy (non-hydrogen) atoms. The van der Waals surface area contributed by atoms with Gasteiger partial charge in [-0.2, -0.15) is 0 Å². The Morgan fingerprint density at radius 3 is 2.96 bits per heavy atom. The molecule has 0 saturated carbocycles. The molecule has 0 fully saturated rings. The molecule has 8 heteroatoms. The van der Waals surface area contributed by atoms with Gasteiger partial charge in [0, 0.05) is 18.0 Å². The molecule has 0 saturated heterocycles. The standard InChI is InChI=1S/C15H19N3O3S2/c1-4-21-11(19)8-18-14(20)12-9-5-6-17(2)7-10(9)23-13(12)16-15(18)22-3/h4-8H2,1-3H3. The summed E-state index contributed by atoms with van der Waals surface area (Å²) in [5, 5.41) is 1.24. The number of hydrogen-bond acceptors (Lipinski definition) is 7. The Morgan fingerprint density at radius 2 is 2.26 bits per heavy atom. The monoisotopic (exact) mass is 353 g/mol. The first-order valence-corrected chi connectivity index (χ1v) is 9.52. The lowest BCUT2D eigenvalue weighted by Crippen LogP contribution is -2.29. The van der Waals surface area contributed by atoms with Crippen LogP contribution in [0.2, 0.25) is 0 Å². The van der Waals surface area contributed by atoms with Crippen molar-refractivity contribution in [3.8, 4) is 0 Å². The summed E-state index contributed by atoms with van der Waals surface area (Å²) in [6, 6.07) is 0. The number of fused-ring (bicyclic) bond motifs is 3. The van der Waals surface area contributed by atoms with Crippen LogP contribution >= 0.6 is 23.1 Å². The lowest BCUT2D eigenvalue weighted by Gasteiger charge is -2.21. The summed E-state index contributed by atoms with van der Waals surface area (Å²) in [7, 11) is 2.08. The van der Waals surface area contributed by atoms with E-state index < -0.39 is 5.97 Å². The van der Waals surface area contributed by atoms with Gasteiger partial charge < -0.3 is 9.64 Å². The second-order valence-electron chi connectivity index (χ2n) is 5.47. The smallest absolute Gasteiger partial charge is 0.326 e. The van der Waals surface area contributed by atoms with Gasteiger partial charge in [0.25, 0.3) is 5.56 Å². The van der Waals surface area contributed by atoms with Crippen LogP contribution in [0.4, 0.5) is 0 Å². The van der Waals surface area contributed by atoms with Crippen LogP contribution < -0.4 is 5.56 Å². The minimum Gasteiger partial charge on any atom is -0.465 e. The lowest BCUT2D eigenvalue weighted by atomic mass is 10.1. The van der Waals surface area contributed by atoms with Gasteiger partial charge in [-0.15, -0.1) is 11.3 Å². The molecule has 0 N–H and O–H groups in total. The van der Waals surface area contributed by atoms with Crippen molar-refractivity contribution < 1.29 is 9.53 Å². The minimum atomic E-state index is -0.408. The second kappa shape index (κ2) is 6.62. The van der Waals surface area contributed by atoms with Crippen LogP contribution in [0.5, 0.6) is 0 Å². The highest BCUT2D eigenvalue weighted by Crippen LogP contribution is 2.32. The van der Waals surface area contributed by atoms with Gasteiger partial charge in [0.05, 0.1) is 12.0 Å². The third-order valence-corrected chi connectivity index (χ3v) is 5.68. The number of aromatic nitrogens is 2. The maximum Gasteiger partial charge on any atom is 0.326 e. The Morgan fingerprint density at radius 1 is 1.48 bits per heavy atom. The Labute approximate surface area is 142 Å². The van der Waals surface area contributed by atoms with Crippen LogP contribution in [0.3, 0.4) is 0 Å². The summed E-state index contributed by atoms with van der Waals surface area (Å²) in [5.74, 6) is -0.408. The van der Waals surface area contributed by atoms with Crippen molar-refractivity contribution in [1.29, 1.82) is 0 Å². The Hall–Kier alpha value is -1.38. The quantitative estimate of drug-likeness (QED) is 0.474. The number of carbonyl (C=O) groups excluding carboxylic acids is 1. The molecule has 2 aromatic heterocycles. The van der Waals surface area contributed by atoms with Crippen LogP contribution in [0.25, 0.3) is 10.2 Å². The molecule has 3 heterocycles. The highest BCUT2D eigenvalue weighted by atomic mass is 32.2. The summed E-state index contributed by atoms with van der Waals surface area (Å²) in [5.41, 5.74) is 0.973. The van der Waals surface area contributed by atoms with Crippen LogP contribution in [0.15, 0.2) is 9.95 Å².